The first kappa shape index (κ1) is 29.2. The van der Waals surface area contributed by atoms with Crippen LogP contribution in [0.3, 0.4) is 0 Å². The van der Waals surface area contributed by atoms with Crippen LogP contribution >= 0.6 is 0 Å². The van der Waals surface area contributed by atoms with E-state index in [9.17, 15) is 34.5 Å². The fourth-order valence-corrected chi connectivity index (χ4v) is 8.75. The van der Waals surface area contributed by atoms with Crippen molar-refractivity contribution < 1.29 is 49.1 Å². The summed E-state index contributed by atoms with van der Waals surface area (Å²) >= 11 is 0. The molecule has 0 unspecified atom stereocenters. The van der Waals surface area contributed by atoms with Gasteiger partial charge in [0, 0.05) is 41.7 Å². The molecule has 1 spiro atoms. The number of benzene rings is 1. The molecule has 4 aliphatic rings. The molecule has 4 N–H and O–H groups in total. The number of aliphatic carboxylic acids is 2. The van der Waals surface area contributed by atoms with Crippen molar-refractivity contribution in [2.45, 2.75) is 104 Å². The number of phenols is 1. The van der Waals surface area contributed by atoms with E-state index in [1.54, 1.807) is 0 Å². The molecule has 1 aromatic rings. The molecule has 2 fully saturated rings. The fraction of sp³-hybridized carbons (Fsp3) is 0.667. The Labute approximate surface area is 238 Å². The Morgan fingerprint density at radius 3 is 2.46 bits per heavy atom. The Morgan fingerprint density at radius 1 is 1.17 bits per heavy atom. The molecule has 2 saturated carbocycles. The number of carboxylic acid groups (broad SMARTS) is 2. The molecule has 2 heterocycles. The largest absolute Gasteiger partial charge is 0.508 e. The molecule has 0 radical (unpaired) electrons. The number of amides is 1. The number of carboxylic acids is 2. The number of fused-ring (bicyclic) bond motifs is 5. The molecule has 41 heavy (non-hydrogen) atoms. The first-order valence-electron chi connectivity index (χ1n) is 14.2. The molecule has 2 aliphatic carbocycles. The topological polar surface area (TPSA) is 171 Å². The molecule has 0 saturated heterocycles. The van der Waals surface area contributed by atoms with Gasteiger partial charge >= 0.3 is 17.9 Å². The highest BCUT2D eigenvalue weighted by Gasteiger charge is 2.69. The first-order valence-corrected chi connectivity index (χ1v) is 14.2. The van der Waals surface area contributed by atoms with Crippen molar-refractivity contribution >= 4 is 23.8 Å². The van der Waals surface area contributed by atoms with Crippen LogP contribution in [0, 0.1) is 22.7 Å². The second kappa shape index (κ2) is 9.61. The summed E-state index contributed by atoms with van der Waals surface area (Å²) in [6.45, 7) is 9.45. The minimum Gasteiger partial charge on any atom is -0.508 e. The van der Waals surface area contributed by atoms with Crippen LogP contribution in [0.25, 0.3) is 0 Å². The average Bonchev–Trinajstić information content (AvgIpc) is 3.41. The third-order valence-corrected chi connectivity index (χ3v) is 10.6. The van der Waals surface area contributed by atoms with E-state index in [1.165, 1.54) is 13.0 Å². The maximum atomic E-state index is 13.4. The van der Waals surface area contributed by atoms with Crippen LogP contribution in [0.5, 0.6) is 11.5 Å². The Morgan fingerprint density at radius 2 is 1.85 bits per heavy atom. The van der Waals surface area contributed by atoms with Gasteiger partial charge in [-0.2, -0.15) is 0 Å². The minimum atomic E-state index is -1.35. The van der Waals surface area contributed by atoms with Crippen LogP contribution in [-0.4, -0.2) is 73.0 Å². The summed E-state index contributed by atoms with van der Waals surface area (Å²) < 4.78 is 12.6. The Bertz CT molecular complexity index is 1320. The highest BCUT2D eigenvalue weighted by Crippen LogP contribution is 2.67. The zero-order valence-electron chi connectivity index (χ0n) is 24.1. The van der Waals surface area contributed by atoms with Crippen molar-refractivity contribution in [1.82, 2.24) is 4.90 Å². The number of esters is 1. The number of carbonyl (C=O) groups is 4. The number of hydrogen-bond acceptors (Lipinski definition) is 8. The summed E-state index contributed by atoms with van der Waals surface area (Å²) in [5.41, 5.74) is -0.874. The number of nitrogens with zero attached hydrogens (tertiary/aromatic N) is 1. The van der Waals surface area contributed by atoms with Gasteiger partial charge in [-0.3, -0.25) is 14.4 Å². The summed E-state index contributed by atoms with van der Waals surface area (Å²) in [6.07, 6.45) is -0.0166. The van der Waals surface area contributed by atoms with E-state index in [0.29, 0.717) is 29.7 Å². The van der Waals surface area contributed by atoms with Gasteiger partial charge in [0.1, 0.15) is 29.2 Å². The summed E-state index contributed by atoms with van der Waals surface area (Å²) in [4.78, 5) is 49.6. The molecule has 5 rings (SSSR count). The number of carbonyl (C=O) groups excluding carboxylic acids is 2. The maximum Gasteiger partial charge on any atom is 0.326 e. The number of aliphatic hydroxyl groups excluding tert-OH is 1. The number of ether oxygens (including phenoxy) is 2. The van der Waals surface area contributed by atoms with Crippen LogP contribution in [0.1, 0.15) is 88.2 Å². The molecule has 224 valence electrons. The second-order valence-electron chi connectivity index (χ2n) is 13.2. The summed E-state index contributed by atoms with van der Waals surface area (Å²) in [7, 11) is 0. The van der Waals surface area contributed by atoms with Gasteiger partial charge in [-0.15, -0.1) is 0 Å². The third-order valence-electron chi connectivity index (χ3n) is 10.6. The van der Waals surface area contributed by atoms with Gasteiger partial charge in [-0.05, 0) is 43.6 Å². The molecular formula is C30H39NO10. The van der Waals surface area contributed by atoms with E-state index >= 15 is 0 Å². The number of rotatable bonds is 6. The van der Waals surface area contributed by atoms with Crippen LogP contribution in [0.15, 0.2) is 6.07 Å². The molecule has 1 aromatic carbocycles. The molecule has 2 aliphatic heterocycles. The number of aromatic hydroxyl groups is 1. The lowest BCUT2D eigenvalue weighted by atomic mass is 9.43. The van der Waals surface area contributed by atoms with Gasteiger partial charge in [0.05, 0.1) is 18.2 Å². The van der Waals surface area contributed by atoms with Gasteiger partial charge in [-0.1, -0.05) is 27.7 Å². The highest BCUT2D eigenvalue weighted by molar-refractivity contribution is 6.02. The van der Waals surface area contributed by atoms with Crippen molar-refractivity contribution in [3.8, 4) is 11.5 Å². The number of hydrogen-bond donors (Lipinski definition) is 4. The normalized spacial score (nSPS) is 33.9. The van der Waals surface area contributed by atoms with E-state index in [1.807, 2.05) is 13.8 Å². The molecular weight excluding hydrogens is 534 g/mol. The average molecular weight is 574 g/mol. The van der Waals surface area contributed by atoms with E-state index < -0.39 is 64.9 Å². The predicted molar refractivity (Wildman–Crippen MR) is 143 cm³/mol. The maximum absolute atomic E-state index is 13.4. The number of phenolic OH excluding ortho intramolecular Hbond substituents is 1. The summed E-state index contributed by atoms with van der Waals surface area (Å²) in [5, 5.41) is 41.4. The first-order chi connectivity index (χ1) is 19.0. The molecule has 0 aromatic heterocycles. The third kappa shape index (κ3) is 4.18. The zero-order chi connectivity index (χ0) is 30.2. The molecule has 11 nitrogen and oxygen atoms in total. The van der Waals surface area contributed by atoms with E-state index in [0.717, 1.165) is 17.7 Å². The number of aliphatic hydroxyl groups is 1. The smallest absolute Gasteiger partial charge is 0.326 e. The Balaban J connectivity index is 1.55. The van der Waals surface area contributed by atoms with Gasteiger partial charge in [0.15, 0.2) is 0 Å². The van der Waals surface area contributed by atoms with E-state index in [-0.39, 0.29) is 36.1 Å². The van der Waals surface area contributed by atoms with Gasteiger partial charge < -0.3 is 34.8 Å². The molecule has 1 amide bonds. The van der Waals surface area contributed by atoms with Crippen molar-refractivity contribution in [3.63, 3.8) is 0 Å². The quantitative estimate of drug-likeness (QED) is 0.371. The van der Waals surface area contributed by atoms with Gasteiger partial charge in [0.25, 0.3) is 5.91 Å². The molecule has 0 bridgehead atoms. The standard InChI is InChI=1S/C30H39NO10/c1-14-6-8-22-28(3,4)25(40-15(2)32)21(34)12-29(22,5)30(14)11-17-20(33)10-16-18(24(17)41-30)13-31(26(16)37)19(27(38)39)7-9-23(35)36/h10,14,19,21-22,25,33-34H,6-9,11-13H2,1-5H3,(H,35,36)(H,38,39)/t14-,19+,21+,22-,25-,29+,30+/m1/s1. The minimum absolute atomic E-state index is 0.00556. The van der Waals surface area contributed by atoms with Crippen LogP contribution in [-0.2, 0) is 32.1 Å². The lowest BCUT2D eigenvalue weighted by Gasteiger charge is -2.65. The Kier molecular flexibility index (Phi) is 6.83. The Hall–Kier alpha value is -3.34. The van der Waals surface area contributed by atoms with Crippen LogP contribution in [0.2, 0.25) is 0 Å². The van der Waals surface area contributed by atoms with Crippen LogP contribution < -0.4 is 4.74 Å². The van der Waals surface area contributed by atoms with Crippen molar-refractivity contribution in [2.24, 2.45) is 22.7 Å². The van der Waals surface area contributed by atoms with Crippen molar-refractivity contribution in [2.75, 3.05) is 0 Å². The molecule has 7 atom stereocenters. The van der Waals surface area contributed by atoms with E-state index in [4.69, 9.17) is 14.6 Å². The predicted octanol–water partition coefficient (Wildman–Crippen LogP) is 3.11. The zero-order valence-corrected chi connectivity index (χ0v) is 24.1. The van der Waals surface area contributed by atoms with Crippen molar-refractivity contribution in [1.29, 1.82) is 0 Å². The molecule has 11 heteroatoms. The van der Waals surface area contributed by atoms with Gasteiger partial charge in [-0.25, -0.2) is 4.79 Å². The summed E-state index contributed by atoms with van der Waals surface area (Å²) in [6, 6.07) is 0.0146. The lowest BCUT2D eigenvalue weighted by Crippen LogP contribution is -2.69. The van der Waals surface area contributed by atoms with Gasteiger partial charge in [0.2, 0.25) is 0 Å². The highest BCUT2D eigenvalue weighted by atomic mass is 16.6. The lowest BCUT2D eigenvalue weighted by molar-refractivity contribution is -0.246. The fourth-order valence-electron chi connectivity index (χ4n) is 8.75. The summed E-state index contributed by atoms with van der Waals surface area (Å²) in [5.74, 6) is -3.26. The second-order valence-corrected chi connectivity index (χ2v) is 13.2. The van der Waals surface area contributed by atoms with Crippen LogP contribution in [0.4, 0.5) is 0 Å². The van der Waals surface area contributed by atoms with Crippen molar-refractivity contribution in [3.05, 3.63) is 22.8 Å². The van der Waals surface area contributed by atoms with E-state index in [2.05, 4.69) is 13.8 Å². The SMILES string of the molecule is CC(=O)O[C@@H]1[C@@H](O)C[C@@]2(C)[C@H](CC[C@@H](C)[C@@]23Cc2c(O)cc4c(c2O3)CN([C@@H](CCC(=O)O)C(=O)O)C4=O)C1(C)C. The monoisotopic (exact) mass is 573 g/mol.